The molecule has 29 heavy (non-hydrogen) atoms. The van der Waals surface area contributed by atoms with Crippen molar-refractivity contribution in [3.63, 3.8) is 0 Å². The summed E-state index contributed by atoms with van der Waals surface area (Å²) in [6, 6.07) is 13.1. The van der Waals surface area contributed by atoms with Gasteiger partial charge in [-0.3, -0.25) is 9.59 Å². The zero-order valence-corrected chi connectivity index (χ0v) is 16.7. The highest BCUT2D eigenvalue weighted by Gasteiger charge is 2.29. The number of pyridine rings is 1. The third-order valence-corrected chi connectivity index (χ3v) is 6.42. The van der Waals surface area contributed by atoms with E-state index in [0.717, 1.165) is 22.1 Å². The molecule has 3 aromatic heterocycles. The summed E-state index contributed by atoms with van der Waals surface area (Å²) in [4.78, 5) is 28.6. The van der Waals surface area contributed by atoms with Crippen molar-refractivity contribution in [2.24, 2.45) is 0 Å². The average Bonchev–Trinajstić information content (AvgIpc) is 3.43. The minimum Gasteiger partial charge on any atom is -0.380 e. The summed E-state index contributed by atoms with van der Waals surface area (Å²) in [5.41, 5.74) is 2.09. The Bertz CT molecular complexity index is 1280. The van der Waals surface area contributed by atoms with E-state index in [2.05, 4.69) is 5.10 Å². The molecule has 1 aromatic carbocycles. The van der Waals surface area contributed by atoms with Crippen LogP contribution in [0.1, 0.15) is 16.8 Å². The first-order valence-electron chi connectivity index (χ1n) is 9.47. The number of rotatable bonds is 3. The minimum absolute atomic E-state index is 0.0464. The lowest BCUT2D eigenvalue weighted by molar-refractivity contribution is 0.0725. The third kappa shape index (κ3) is 2.94. The molecule has 1 atom stereocenters. The molecule has 0 bridgehead atoms. The maximum atomic E-state index is 13.5. The Balaban J connectivity index is 1.78. The first-order valence-corrected chi connectivity index (χ1v) is 10.3. The molecule has 0 saturated carbocycles. The normalized spacial score (nSPS) is 16.7. The Morgan fingerprint density at radius 2 is 2.07 bits per heavy atom. The molecule has 0 spiro atoms. The third-order valence-electron chi connectivity index (χ3n) is 5.48. The second-order valence-corrected chi connectivity index (χ2v) is 8.07. The van der Waals surface area contributed by atoms with Crippen LogP contribution in [0.5, 0.6) is 0 Å². The van der Waals surface area contributed by atoms with Crippen LogP contribution >= 0.6 is 11.3 Å². The number of hydrogen-bond donors (Lipinski definition) is 0. The van der Waals surface area contributed by atoms with E-state index < -0.39 is 0 Å². The fourth-order valence-corrected chi connectivity index (χ4v) is 4.84. The number of amides is 1. The zero-order chi connectivity index (χ0) is 20.0. The quantitative estimate of drug-likeness (QED) is 0.524. The van der Waals surface area contributed by atoms with Crippen molar-refractivity contribution < 1.29 is 9.53 Å². The summed E-state index contributed by atoms with van der Waals surface area (Å²) in [6.07, 6.45) is 2.54. The highest BCUT2D eigenvalue weighted by Crippen LogP contribution is 2.30. The molecule has 1 aliphatic rings. The minimum atomic E-state index is -0.228. The number of hydrogen-bond acceptors (Lipinski definition) is 5. The van der Waals surface area contributed by atoms with Gasteiger partial charge in [0, 0.05) is 31.1 Å². The predicted molar refractivity (Wildman–Crippen MR) is 114 cm³/mol. The van der Waals surface area contributed by atoms with Crippen LogP contribution < -0.4 is 5.56 Å². The van der Waals surface area contributed by atoms with E-state index >= 15 is 0 Å². The fraction of sp³-hybridized carbons (Fsp3) is 0.227. The van der Waals surface area contributed by atoms with Crippen LogP contribution in [0.3, 0.4) is 0 Å². The summed E-state index contributed by atoms with van der Waals surface area (Å²) >= 11 is 1.51. The molecule has 4 aromatic rings. The second kappa shape index (κ2) is 7.09. The molecular formula is C22H19N3O3S. The molecule has 1 amide bonds. The Morgan fingerprint density at radius 3 is 2.83 bits per heavy atom. The number of carbonyl (C=O) groups excluding carboxylic acids is 1. The number of nitrogens with zero attached hydrogens (tertiary/aromatic N) is 3. The van der Waals surface area contributed by atoms with E-state index in [1.54, 1.807) is 24.3 Å². The highest BCUT2D eigenvalue weighted by atomic mass is 32.1. The molecule has 4 heterocycles. The van der Waals surface area contributed by atoms with Gasteiger partial charge >= 0.3 is 0 Å². The lowest BCUT2D eigenvalue weighted by atomic mass is 10.0. The molecule has 6 nitrogen and oxygen atoms in total. The smallest absolute Gasteiger partial charge is 0.279 e. The number of methoxy groups -OCH3 is 1. The molecule has 0 N–H and O–H groups in total. The van der Waals surface area contributed by atoms with Crippen LogP contribution in [-0.4, -0.2) is 46.7 Å². The Morgan fingerprint density at radius 1 is 1.24 bits per heavy atom. The summed E-state index contributed by atoms with van der Waals surface area (Å²) in [6.45, 7) is 1.19. The topological polar surface area (TPSA) is 63.9 Å². The molecular weight excluding hydrogens is 386 g/mol. The van der Waals surface area contributed by atoms with Crippen LogP contribution in [0.4, 0.5) is 0 Å². The van der Waals surface area contributed by atoms with Crippen molar-refractivity contribution in [1.29, 1.82) is 0 Å². The number of aromatic nitrogens is 2. The predicted octanol–water partition coefficient (Wildman–Crippen LogP) is 3.44. The van der Waals surface area contributed by atoms with E-state index in [1.807, 2.05) is 41.8 Å². The van der Waals surface area contributed by atoms with Gasteiger partial charge in [-0.2, -0.15) is 9.61 Å². The van der Waals surface area contributed by atoms with Crippen LogP contribution in [0, 0.1) is 0 Å². The van der Waals surface area contributed by atoms with E-state index in [0.29, 0.717) is 29.7 Å². The maximum absolute atomic E-state index is 13.5. The standard InChI is InChI=1S/C22H19N3O3S/c1-28-16-7-9-24(13-16)21(26)18-11-17(14-5-3-2-4-6-14)22(27)25-19(18)20-15(12-23-25)8-10-29-20/h2-6,8,10-12,16H,7,9,13H2,1H3. The van der Waals surface area contributed by atoms with Gasteiger partial charge in [0.05, 0.1) is 28.1 Å². The number of benzene rings is 1. The highest BCUT2D eigenvalue weighted by molar-refractivity contribution is 7.18. The Kier molecular flexibility index (Phi) is 4.41. The molecule has 0 radical (unpaired) electrons. The molecule has 5 rings (SSSR count). The largest absolute Gasteiger partial charge is 0.380 e. The molecule has 1 fully saturated rings. The van der Waals surface area contributed by atoms with Gasteiger partial charge in [0.2, 0.25) is 0 Å². The molecule has 1 aliphatic heterocycles. The van der Waals surface area contributed by atoms with E-state index in [1.165, 1.54) is 15.9 Å². The van der Waals surface area contributed by atoms with Crippen molar-refractivity contribution >= 4 is 32.8 Å². The molecule has 7 heteroatoms. The van der Waals surface area contributed by atoms with Gasteiger partial charge in [-0.1, -0.05) is 30.3 Å². The van der Waals surface area contributed by atoms with Crippen molar-refractivity contribution in [2.45, 2.75) is 12.5 Å². The van der Waals surface area contributed by atoms with Crippen LogP contribution in [0.15, 0.2) is 58.8 Å². The summed E-state index contributed by atoms with van der Waals surface area (Å²) in [5.74, 6) is -0.0954. The van der Waals surface area contributed by atoms with Gasteiger partial charge < -0.3 is 9.64 Å². The number of thiophene rings is 1. The average molecular weight is 405 g/mol. The fourth-order valence-electron chi connectivity index (χ4n) is 3.93. The van der Waals surface area contributed by atoms with E-state index in [-0.39, 0.29) is 17.6 Å². The van der Waals surface area contributed by atoms with Crippen LogP contribution in [0.25, 0.3) is 26.7 Å². The molecule has 1 saturated heterocycles. The number of carbonyl (C=O) groups is 1. The van der Waals surface area contributed by atoms with E-state index in [9.17, 15) is 9.59 Å². The lowest BCUT2D eigenvalue weighted by Gasteiger charge is -2.18. The van der Waals surface area contributed by atoms with Gasteiger partial charge in [0.25, 0.3) is 11.5 Å². The van der Waals surface area contributed by atoms with Gasteiger partial charge in [-0.25, -0.2) is 0 Å². The van der Waals surface area contributed by atoms with Gasteiger partial charge in [-0.15, -0.1) is 11.3 Å². The molecule has 146 valence electrons. The number of fused-ring (bicyclic) bond motifs is 3. The summed E-state index contributed by atoms with van der Waals surface area (Å²) in [5, 5.41) is 7.26. The lowest BCUT2D eigenvalue weighted by Crippen LogP contribution is -2.32. The van der Waals surface area contributed by atoms with Gasteiger partial charge in [0.15, 0.2) is 0 Å². The van der Waals surface area contributed by atoms with Crippen molar-refractivity contribution in [1.82, 2.24) is 14.5 Å². The van der Waals surface area contributed by atoms with Crippen molar-refractivity contribution in [2.75, 3.05) is 20.2 Å². The first kappa shape index (κ1) is 18.0. The zero-order valence-electron chi connectivity index (χ0n) is 15.9. The van der Waals surface area contributed by atoms with Crippen molar-refractivity contribution in [3.05, 3.63) is 70.0 Å². The molecule has 1 unspecified atom stereocenters. The first-order chi connectivity index (χ1) is 14.2. The number of likely N-dealkylation sites (tertiary alicyclic amines) is 1. The van der Waals surface area contributed by atoms with Crippen LogP contribution in [0.2, 0.25) is 0 Å². The summed E-state index contributed by atoms with van der Waals surface area (Å²) in [7, 11) is 1.67. The summed E-state index contributed by atoms with van der Waals surface area (Å²) < 4.78 is 7.69. The van der Waals surface area contributed by atoms with Crippen molar-refractivity contribution in [3.8, 4) is 11.1 Å². The van der Waals surface area contributed by atoms with Gasteiger partial charge in [0.1, 0.15) is 0 Å². The Hall–Kier alpha value is -3.03. The monoisotopic (exact) mass is 405 g/mol. The van der Waals surface area contributed by atoms with Gasteiger partial charge in [-0.05, 0) is 29.5 Å². The van der Waals surface area contributed by atoms with Crippen LogP contribution in [-0.2, 0) is 4.74 Å². The SMILES string of the molecule is COC1CCN(C(=O)c2cc(-c3ccccc3)c(=O)n3ncc4ccsc4c23)C1. The second-order valence-electron chi connectivity index (χ2n) is 7.15. The Labute approximate surface area is 171 Å². The maximum Gasteiger partial charge on any atom is 0.279 e. The number of ether oxygens (including phenoxy) is 1. The molecule has 0 aliphatic carbocycles. The van der Waals surface area contributed by atoms with E-state index in [4.69, 9.17) is 4.74 Å².